The fourth-order valence-corrected chi connectivity index (χ4v) is 3.30. The van der Waals surface area contributed by atoms with Gasteiger partial charge in [-0.05, 0) is 22.9 Å². The van der Waals surface area contributed by atoms with Crippen LogP contribution in [0.15, 0.2) is 77.2 Å². The van der Waals surface area contributed by atoms with Gasteiger partial charge in [0.05, 0.1) is 0 Å². The Hall–Kier alpha value is -3.07. The summed E-state index contributed by atoms with van der Waals surface area (Å²) in [7, 11) is 6.01. The quantitative estimate of drug-likeness (QED) is 0.334. The third-order valence-corrected chi connectivity index (χ3v) is 4.41. The molecular formula is C21H12BNO. The second-order valence-corrected chi connectivity index (χ2v) is 5.91. The number of nitrogens with zero attached hydrogens (tertiary/aromatic N) is 1. The maximum absolute atomic E-state index is 6.16. The van der Waals surface area contributed by atoms with E-state index in [-0.39, 0.29) is 0 Å². The molecule has 0 saturated heterocycles. The Balaban J connectivity index is 1.98. The Morgan fingerprint density at radius 3 is 2.29 bits per heavy atom. The highest BCUT2D eigenvalue weighted by Gasteiger charge is 2.15. The zero-order valence-corrected chi connectivity index (χ0v) is 12.9. The molecule has 5 aromatic rings. The van der Waals surface area contributed by atoms with Crippen LogP contribution in [0, 0.1) is 0 Å². The average molecular weight is 305 g/mol. The number of rotatable bonds is 1. The molecule has 0 unspecified atom stereocenters. The van der Waals surface area contributed by atoms with E-state index in [0.29, 0.717) is 5.89 Å². The van der Waals surface area contributed by atoms with Crippen molar-refractivity contribution in [2.75, 3.05) is 0 Å². The first-order valence-corrected chi connectivity index (χ1v) is 7.87. The first-order valence-electron chi connectivity index (χ1n) is 7.87. The number of aromatic nitrogens is 1. The third kappa shape index (κ3) is 1.88. The first kappa shape index (κ1) is 13.4. The van der Waals surface area contributed by atoms with Gasteiger partial charge in [0.15, 0.2) is 5.58 Å². The van der Waals surface area contributed by atoms with Gasteiger partial charge in [0.2, 0.25) is 5.89 Å². The van der Waals surface area contributed by atoms with Crippen LogP contribution in [-0.4, -0.2) is 12.8 Å². The molecular weight excluding hydrogens is 293 g/mol. The summed E-state index contributed by atoms with van der Waals surface area (Å²) in [5.41, 5.74) is 3.42. The smallest absolute Gasteiger partial charge is 0.227 e. The van der Waals surface area contributed by atoms with E-state index in [9.17, 15) is 0 Å². The van der Waals surface area contributed by atoms with Crippen molar-refractivity contribution in [3.63, 3.8) is 0 Å². The third-order valence-electron chi connectivity index (χ3n) is 4.41. The van der Waals surface area contributed by atoms with Crippen molar-refractivity contribution < 1.29 is 4.42 Å². The van der Waals surface area contributed by atoms with E-state index in [1.165, 1.54) is 0 Å². The normalized spacial score (nSPS) is 11.5. The van der Waals surface area contributed by atoms with Gasteiger partial charge in [-0.25, -0.2) is 4.98 Å². The number of benzene rings is 4. The standard InChI is InChI=1S/C21H12BNO/c22-14-10-11-16-18(12-14)15-8-4-5-9-17(15)20-19(16)23-21(24-20)13-6-2-1-3-7-13/h1-12H. The summed E-state index contributed by atoms with van der Waals surface area (Å²) in [5.74, 6) is 0.639. The summed E-state index contributed by atoms with van der Waals surface area (Å²) >= 11 is 0. The van der Waals surface area contributed by atoms with E-state index in [0.717, 1.165) is 43.7 Å². The van der Waals surface area contributed by atoms with Crippen LogP contribution in [0.25, 0.3) is 44.1 Å². The predicted molar refractivity (Wildman–Crippen MR) is 99.8 cm³/mol. The highest BCUT2D eigenvalue weighted by Crippen LogP contribution is 2.36. The van der Waals surface area contributed by atoms with Crippen LogP contribution in [0.3, 0.4) is 0 Å². The molecule has 0 saturated carbocycles. The topological polar surface area (TPSA) is 26.0 Å². The minimum absolute atomic E-state index is 0.639. The Morgan fingerprint density at radius 2 is 1.46 bits per heavy atom. The molecule has 0 aliphatic heterocycles. The molecule has 0 bridgehead atoms. The van der Waals surface area contributed by atoms with Crippen LogP contribution >= 0.6 is 0 Å². The molecule has 0 aliphatic carbocycles. The fourth-order valence-electron chi connectivity index (χ4n) is 3.30. The summed E-state index contributed by atoms with van der Waals surface area (Å²) in [6.07, 6.45) is 0. The second-order valence-electron chi connectivity index (χ2n) is 5.91. The summed E-state index contributed by atoms with van der Waals surface area (Å²) in [6, 6.07) is 24.1. The summed E-state index contributed by atoms with van der Waals surface area (Å²) in [6.45, 7) is 0. The van der Waals surface area contributed by atoms with Crippen molar-refractivity contribution in [2.45, 2.75) is 0 Å². The lowest BCUT2D eigenvalue weighted by atomic mass is 9.91. The molecule has 0 atom stereocenters. The summed E-state index contributed by atoms with van der Waals surface area (Å²) in [5, 5.41) is 4.35. The zero-order chi connectivity index (χ0) is 16.1. The molecule has 1 heterocycles. The maximum Gasteiger partial charge on any atom is 0.227 e. The molecule has 0 aliphatic rings. The number of oxazole rings is 1. The largest absolute Gasteiger partial charge is 0.435 e. The molecule has 1 aromatic heterocycles. The molecule has 2 radical (unpaired) electrons. The minimum Gasteiger partial charge on any atom is -0.435 e. The van der Waals surface area contributed by atoms with Gasteiger partial charge in [-0.3, -0.25) is 0 Å². The Morgan fingerprint density at radius 1 is 0.708 bits per heavy atom. The van der Waals surface area contributed by atoms with Gasteiger partial charge >= 0.3 is 0 Å². The lowest BCUT2D eigenvalue weighted by Gasteiger charge is -2.06. The highest BCUT2D eigenvalue weighted by molar-refractivity contribution is 6.35. The van der Waals surface area contributed by atoms with Crippen molar-refractivity contribution in [1.82, 2.24) is 4.98 Å². The van der Waals surface area contributed by atoms with Gasteiger partial charge in [-0.2, -0.15) is 0 Å². The predicted octanol–water partition coefficient (Wildman–Crippen LogP) is 4.60. The molecule has 0 N–H and O–H groups in total. The average Bonchev–Trinajstić information content (AvgIpc) is 3.08. The highest BCUT2D eigenvalue weighted by atomic mass is 16.3. The van der Waals surface area contributed by atoms with Crippen LogP contribution in [0.1, 0.15) is 0 Å². The van der Waals surface area contributed by atoms with Crippen LogP contribution < -0.4 is 5.46 Å². The SMILES string of the molecule is [B]c1ccc2c(c1)c1ccccc1c1oc(-c3ccccc3)nc21. The molecule has 0 spiro atoms. The fraction of sp³-hybridized carbons (Fsp3) is 0. The Labute approximate surface area is 140 Å². The van der Waals surface area contributed by atoms with Crippen LogP contribution in [0.4, 0.5) is 0 Å². The van der Waals surface area contributed by atoms with Crippen molar-refractivity contribution in [3.8, 4) is 11.5 Å². The number of hydrogen-bond acceptors (Lipinski definition) is 2. The summed E-state index contributed by atoms with van der Waals surface area (Å²) < 4.78 is 6.16. The molecule has 0 fully saturated rings. The number of hydrogen-bond donors (Lipinski definition) is 0. The van der Waals surface area contributed by atoms with Crippen molar-refractivity contribution in [2.24, 2.45) is 0 Å². The monoisotopic (exact) mass is 305 g/mol. The molecule has 0 amide bonds. The molecule has 3 heteroatoms. The Bertz CT molecular complexity index is 1210. The van der Waals surface area contributed by atoms with E-state index in [2.05, 4.69) is 12.1 Å². The van der Waals surface area contributed by atoms with Gasteiger partial charge in [0.25, 0.3) is 0 Å². The van der Waals surface area contributed by atoms with E-state index >= 15 is 0 Å². The van der Waals surface area contributed by atoms with Gasteiger partial charge < -0.3 is 4.42 Å². The van der Waals surface area contributed by atoms with Gasteiger partial charge in [-0.15, -0.1) is 0 Å². The van der Waals surface area contributed by atoms with Gasteiger partial charge in [-0.1, -0.05) is 66.1 Å². The summed E-state index contributed by atoms with van der Waals surface area (Å²) in [4.78, 5) is 4.78. The van der Waals surface area contributed by atoms with Crippen molar-refractivity contribution in [3.05, 3.63) is 72.8 Å². The minimum atomic E-state index is 0.639. The molecule has 110 valence electrons. The second kappa shape index (κ2) is 4.97. The van der Waals surface area contributed by atoms with Crippen molar-refractivity contribution >= 4 is 46.0 Å². The van der Waals surface area contributed by atoms with Crippen LogP contribution in [-0.2, 0) is 0 Å². The molecule has 5 rings (SSSR count). The lowest BCUT2D eigenvalue weighted by Crippen LogP contribution is -2.00. The van der Waals surface area contributed by atoms with Crippen LogP contribution in [0.5, 0.6) is 0 Å². The van der Waals surface area contributed by atoms with E-state index in [1.54, 1.807) is 0 Å². The first-order chi connectivity index (χ1) is 11.8. The lowest BCUT2D eigenvalue weighted by molar-refractivity contribution is 0.623. The van der Waals surface area contributed by atoms with E-state index < -0.39 is 0 Å². The molecule has 2 nitrogen and oxygen atoms in total. The van der Waals surface area contributed by atoms with Gasteiger partial charge in [0.1, 0.15) is 13.4 Å². The van der Waals surface area contributed by atoms with Gasteiger partial charge in [0, 0.05) is 16.3 Å². The molecule has 4 aromatic carbocycles. The van der Waals surface area contributed by atoms with E-state index in [1.807, 2.05) is 60.7 Å². The van der Waals surface area contributed by atoms with E-state index in [4.69, 9.17) is 17.2 Å². The molecule has 24 heavy (non-hydrogen) atoms. The maximum atomic E-state index is 6.16. The zero-order valence-electron chi connectivity index (χ0n) is 12.9. The Kier molecular flexibility index (Phi) is 2.77. The van der Waals surface area contributed by atoms with Crippen LogP contribution in [0.2, 0.25) is 0 Å². The van der Waals surface area contributed by atoms with Crippen molar-refractivity contribution in [1.29, 1.82) is 0 Å². The number of fused-ring (bicyclic) bond motifs is 6.